The van der Waals surface area contributed by atoms with Gasteiger partial charge in [0.15, 0.2) is 0 Å². The molecule has 1 aliphatic heterocycles. The summed E-state index contributed by atoms with van der Waals surface area (Å²) < 4.78 is 26.3. The van der Waals surface area contributed by atoms with Crippen molar-refractivity contribution >= 4 is 39.1 Å². The van der Waals surface area contributed by atoms with Crippen LogP contribution in [-0.2, 0) is 10.0 Å². The lowest BCUT2D eigenvalue weighted by molar-refractivity contribution is 0.0369. The van der Waals surface area contributed by atoms with Crippen molar-refractivity contribution in [2.75, 3.05) is 7.05 Å². The molecule has 2 unspecified atom stereocenters. The monoisotopic (exact) mass is 423 g/mol. The molecule has 1 amide bonds. The zero-order chi connectivity index (χ0) is 20.1. The Morgan fingerprint density at radius 3 is 2.19 bits per heavy atom. The molecule has 0 aromatic heterocycles. The quantitative estimate of drug-likeness (QED) is 0.770. The summed E-state index contributed by atoms with van der Waals surface area (Å²) in [5, 5.41) is 1.81. The third-order valence-electron chi connectivity index (χ3n) is 4.24. The number of rotatable bonds is 4. The average molecular weight is 424 g/mol. The van der Waals surface area contributed by atoms with Gasteiger partial charge in [-0.25, -0.2) is 18.1 Å². The Morgan fingerprint density at radius 1 is 1.15 bits per heavy atom. The average Bonchev–Trinajstić information content (AvgIpc) is 2.61. The first kappa shape index (κ1) is 23.2. The number of nitrogens with zero attached hydrogens (tertiary/aromatic N) is 1. The molecule has 2 rings (SSSR count). The van der Waals surface area contributed by atoms with Gasteiger partial charge in [0, 0.05) is 17.6 Å². The van der Waals surface area contributed by atoms with E-state index in [9.17, 15) is 13.2 Å². The van der Waals surface area contributed by atoms with Crippen LogP contribution in [0.25, 0.3) is 0 Å². The van der Waals surface area contributed by atoms with Gasteiger partial charge in [-0.05, 0) is 45.9 Å². The number of piperidine rings is 1. The van der Waals surface area contributed by atoms with Crippen LogP contribution in [0.15, 0.2) is 17.0 Å². The number of sulfonamides is 1. The molecule has 2 N–H and O–H groups in total. The summed E-state index contributed by atoms with van der Waals surface area (Å²) >= 11 is 12.0. The topological polar surface area (TPSA) is 78.5 Å². The number of hydrazine groups is 1. The maximum atomic E-state index is 12.6. The lowest BCUT2D eigenvalue weighted by Crippen LogP contribution is -2.54. The van der Waals surface area contributed by atoms with E-state index in [2.05, 4.69) is 10.1 Å². The summed E-state index contributed by atoms with van der Waals surface area (Å²) in [7, 11) is -2.55. The zero-order valence-electron chi connectivity index (χ0n) is 15.8. The van der Waals surface area contributed by atoms with Gasteiger partial charge in [-0.1, -0.05) is 43.5 Å². The Labute approximate surface area is 166 Å². The SMILES string of the molecule is CC.CNS(=O)(=O)c1cc(C(=O)NN2C(C)CCCC2C)cc(Cl)c1Cl. The Morgan fingerprint density at radius 2 is 1.69 bits per heavy atom. The Balaban J connectivity index is 0.00000163. The van der Waals surface area contributed by atoms with Gasteiger partial charge in [0.05, 0.1) is 10.0 Å². The van der Waals surface area contributed by atoms with E-state index in [1.54, 1.807) is 0 Å². The highest BCUT2D eigenvalue weighted by molar-refractivity contribution is 7.89. The van der Waals surface area contributed by atoms with E-state index in [-0.39, 0.29) is 32.6 Å². The summed E-state index contributed by atoms with van der Waals surface area (Å²) in [6, 6.07) is 3.02. The second kappa shape index (κ2) is 9.90. The van der Waals surface area contributed by atoms with Crippen LogP contribution in [0.4, 0.5) is 0 Å². The first-order valence-corrected chi connectivity index (χ1v) is 10.9. The molecule has 148 valence electrons. The fourth-order valence-corrected chi connectivity index (χ4v) is 4.36. The number of hydrogen-bond acceptors (Lipinski definition) is 4. The maximum Gasteiger partial charge on any atom is 0.265 e. The molecule has 1 aliphatic rings. The van der Waals surface area contributed by atoms with Crippen LogP contribution in [0, 0.1) is 0 Å². The van der Waals surface area contributed by atoms with Crippen LogP contribution in [-0.4, -0.2) is 38.5 Å². The number of amides is 1. The molecule has 0 aliphatic carbocycles. The zero-order valence-corrected chi connectivity index (χ0v) is 18.1. The number of nitrogens with one attached hydrogen (secondary N) is 2. The fraction of sp³-hybridized carbons (Fsp3) is 0.588. The van der Waals surface area contributed by atoms with Crippen molar-refractivity contribution in [3.63, 3.8) is 0 Å². The Hall–Kier alpha value is -0.860. The van der Waals surface area contributed by atoms with Gasteiger partial charge in [0.2, 0.25) is 10.0 Å². The van der Waals surface area contributed by atoms with Gasteiger partial charge >= 0.3 is 0 Å². The number of halogens is 2. The number of hydrogen-bond donors (Lipinski definition) is 2. The van der Waals surface area contributed by atoms with E-state index in [1.807, 2.05) is 32.7 Å². The van der Waals surface area contributed by atoms with Gasteiger partial charge in [-0.3, -0.25) is 10.2 Å². The second-order valence-electron chi connectivity index (χ2n) is 5.95. The molecule has 26 heavy (non-hydrogen) atoms. The molecule has 0 saturated carbocycles. The normalized spacial score (nSPS) is 20.9. The highest BCUT2D eigenvalue weighted by Crippen LogP contribution is 2.31. The van der Waals surface area contributed by atoms with Crippen molar-refractivity contribution in [2.24, 2.45) is 0 Å². The summed E-state index contributed by atoms with van der Waals surface area (Å²) in [6.45, 7) is 8.09. The highest BCUT2D eigenvalue weighted by atomic mass is 35.5. The molecule has 1 heterocycles. The first-order valence-electron chi connectivity index (χ1n) is 8.69. The van der Waals surface area contributed by atoms with Crippen molar-refractivity contribution in [1.29, 1.82) is 0 Å². The maximum absolute atomic E-state index is 12.6. The van der Waals surface area contributed by atoms with Gasteiger partial charge in [0.25, 0.3) is 5.91 Å². The van der Waals surface area contributed by atoms with E-state index in [4.69, 9.17) is 23.2 Å². The van der Waals surface area contributed by atoms with Gasteiger partial charge in [0.1, 0.15) is 4.90 Å². The van der Waals surface area contributed by atoms with Crippen molar-refractivity contribution in [3.8, 4) is 0 Å². The van der Waals surface area contributed by atoms with Gasteiger partial charge < -0.3 is 0 Å². The highest BCUT2D eigenvalue weighted by Gasteiger charge is 2.27. The van der Waals surface area contributed by atoms with E-state index in [0.29, 0.717) is 0 Å². The predicted octanol–water partition coefficient (Wildman–Crippen LogP) is 3.84. The molecule has 1 saturated heterocycles. The number of benzene rings is 1. The van der Waals surface area contributed by atoms with Gasteiger partial charge in [-0.2, -0.15) is 0 Å². The third-order valence-corrected chi connectivity index (χ3v) is 6.59. The standard InChI is InChI=1S/C15H21Cl2N3O3S.C2H6/c1-9-5-4-6-10(2)20(9)19-15(21)11-7-12(16)14(17)13(8-11)24(22,23)18-3;1-2/h7-10,18H,4-6H2,1-3H3,(H,19,21);1-2H3. The van der Waals surface area contributed by atoms with E-state index in [1.165, 1.54) is 19.2 Å². The van der Waals surface area contributed by atoms with Crippen LogP contribution in [0.3, 0.4) is 0 Å². The van der Waals surface area contributed by atoms with E-state index >= 15 is 0 Å². The number of carbonyl (C=O) groups excluding carboxylic acids is 1. The molecule has 0 radical (unpaired) electrons. The second-order valence-corrected chi connectivity index (χ2v) is 8.60. The molecule has 0 spiro atoms. The molecule has 1 fully saturated rings. The van der Waals surface area contributed by atoms with Crippen LogP contribution >= 0.6 is 23.2 Å². The van der Waals surface area contributed by atoms with E-state index < -0.39 is 15.9 Å². The first-order chi connectivity index (χ1) is 12.2. The van der Waals surface area contributed by atoms with E-state index in [0.717, 1.165) is 19.3 Å². The van der Waals surface area contributed by atoms with Crippen molar-refractivity contribution in [3.05, 3.63) is 27.7 Å². The van der Waals surface area contributed by atoms with Gasteiger partial charge in [-0.15, -0.1) is 0 Å². The fourth-order valence-electron chi connectivity index (χ4n) is 2.82. The minimum absolute atomic E-state index is 0.0119. The summed E-state index contributed by atoms with van der Waals surface area (Å²) in [5.74, 6) is -0.415. The molecule has 0 bridgehead atoms. The molecular formula is C17H27Cl2N3O3S. The lowest BCUT2D eigenvalue weighted by Gasteiger charge is -2.38. The summed E-state index contributed by atoms with van der Waals surface area (Å²) in [6.07, 6.45) is 3.10. The summed E-state index contributed by atoms with van der Waals surface area (Å²) in [4.78, 5) is 12.3. The molecule has 2 atom stereocenters. The minimum Gasteiger partial charge on any atom is -0.284 e. The predicted molar refractivity (Wildman–Crippen MR) is 106 cm³/mol. The molecular weight excluding hydrogens is 397 g/mol. The minimum atomic E-state index is -3.82. The number of carbonyl (C=O) groups is 1. The summed E-state index contributed by atoms with van der Waals surface area (Å²) in [5.41, 5.74) is 3.00. The Kier molecular flexibility index (Phi) is 8.82. The van der Waals surface area contributed by atoms with Crippen LogP contribution in [0.5, 0.6) is 0 Å². The molecule has 9 heteroatoms. The molecule has 1 aromatic carbocycles. The lowest BCUT2D eigenvalue weighted by atomic mass is 10.00. The van der Waals surface area contributed by atoms with Crippen molar-refractivity contribution in [2.45, 2.75) is 63.9 Å². The molecule has 6 nitrogen and oxygen atoms in total. The van der Waals surface area contributed by atoms with Crippen LogP contribution < -0.4 is 10.1 Å². The Bertz CT molecular complexity index is 731. The third kappa shape index (κ3) is 5.33. The van der Waals surface area contributed by atoms with Crippen molar-refractivity contribution in [1.82, 2.24) is 15.2 Å². The van der Waals surface area contributed by atoms with Crippen molar-refractivity contribution < 1.29 is 13.2 Å². The largest absolute Gasteiger partial charge is 0.284 e. The van der Waals surface area contributed by atoms with Crippen LogP contribution in [0.1, 0.15) is 57.3 Å². The molecule has 1 aromatic rings. The smallest absolute Gasteiger partial charge is 0.265 e. The van der Waals surface area contributed by atoms with Crippen LogP contribution in [0.2, 0.25) is 10.0 Å².